The first-order chi connectivity index (χ1) is 8.22. The van der Waals surface area contributed by atoms with Gasteiger partial charge in [0.25, 0.3) is 0 Å². The standard InChI is InChI=1S/C12H14N2O2S/c1-9-12(4-6-16-9)17(15)8-10-3-2-5-14-11(10)7-13/h2-3,5,9,12H,4,6,8H2,1H3. The Morgan fingerprint density at radius 1 is 1.71 bits per heavy atom. The van der Waals surface area contributed by atoms with Crippen molar-refractivity contribution >= 4 is 10.8 Å². The maximum Gasteiger partial charge on any atom is 0.144 e. The quantitative estimate of drug-likeness (QED) is 0.813. The molecule has 0 amide bonds. The van der Waals surface area contributed by atoms with Crippen LogP contribution in [-0.4, -0.2) is 27.2 Å². The first-order valence-electron chi connectivity index (χ1n) is 5.55. The number of pyridine rings is 1. The molecule has 0 radical (unpaired) electrons. The SMILES string of the molecule is CC1OCCC1S(=O)Cc1cccnc1C#N. The van der Waals surface area contributed by atoms with Crippen LogP contribution in [0.4, 0.5) is 0 Å². The molecule has 2 heterocycles. The van der Waals surface area contributed by atoms with Gasteiger partial charge in [0.15, 0.2) is 0 Å². The predicted molar refractivity (Wildman–Crippen MR) is 64.6 cm³/mol. The van der Waals surface area contributed by atoms with Gasteiger partial charge in [0.1, 0.15) is 11.8 Å². The summed E-state index contributed by atoms with van der Waals surface area (Å²) >= 11 is 0. The van der Waals surface area contributed by atoms with E-state index in [1.165, 1.54) is 0 Å². The zero-order valence-corrected chi connectivity index (χ0v) is 10.4. The van der Waals surface area contributed by atoms with E-state index in [1.807, 2.05) is 19.1 Å². The molecule has 1 saturated heterocycles. The van der Waals surface area contributed by atoms with Crippen molar-refractivity contribution in [1.29, 1.82) is 5.26 Å². The summed E-state index contributed by atoms with van der Waals surface area (Å²) < 4.78 is 17.6. The van der Waals surface area contributed by atoms with Crippen molar-refractivity contribution in [1.82, 2.24) is 4.98 Å². The van der Waals surface area contributed by atoms with Crippen molar-refractivity contribution in [3.8, 4) is 6.07 Å². The highest BCUT2D eigenvalue weighted by atomic mass is 32.2. The van der Waals surface area contributed by atoms with Gasteiger partial charge in [-0.15, -0.1) is 0 Å². The van der Waals surface area contributed by atoms with Crippen molar-refractivity contribution in [3.05, 3.63) is 29.6 Å². The molecule has 2 rings (SSSR count). The third kappa shape index (κ3) is 2.71. The van der Waals surface area contributed by atoms with E-state index in [9.17, 15) is 4.21 Å². The Hall–Kier alpha value is -1.25. The van der Waals surface area contributed by atoms with Gasteiger partial charge in [-0.25, -0.2) is 4.98 Å². The number of rotatable bonds is 3. The highest BCUT2D eigenvalue weighted by Crippen LogP contribution is 2.21. The second-order valence-electron chi connectivity index (χ2n) is 4.05. The molecule has 1 aliphatic heterocycles. The molecule has 1 fully saturated rings. The molecule has 0 aliphatic carbocycles. The predicted octanol–water partition coefficient (Wildman–Crippen LogP) is 1.38. The van der Waals surface area contributed by atoms with Crippen LogP contribution >= 0.6 is 0 Å². The van der Waals surface area contributed by atoms with Gasteiger partial charge in [0, 0.05) is 29.2 Å². The van der Waals surface area contributed by atoms with E-state index in [2.05, 4.69) is 4.98 Å². The van der Waals surface area contributed by atoms with Crippen LogP contribution in [0.15, 0.2) is 18.3 Å². The molecular formula is C12H14N2O2S. The van der Waals surface area contributed by atoms with Gasteiger partial charge in [-0.2, -0.15) is 5.26 Å². The molecule has 17 heavy (non-hydrogen) atoms. The minimum Gasteiger partial charge on any atom is -0.377 e. The normalized spacial score (nSPS) is 25.4. The van der Waals surface area contributed by atoms with Crippen LogP contribution in [0.5, 0.6) is 0 Å². The minimum absolute atomic E-state index is 0.0399. The van der Waals surface area contributed by atoms with Crippen LogP contribution in [0.3, 0.4) is 0 Å². The molecule has 0 bridgehead atoms. The van der Waals surface area contributed by atoms with E-state index in [0.29, 0.717) is 18.1 Å². The lowest BCUT2D eigenvalue weighted by atomic mass is 10.2. The second kappa shape index (κ2) is 5.39. The number of aromatic nitrogens is 1. The Morgan fingerprint density at radius 2 is 2.53 bits per heavy atom. The number of nitrogens with zero attached hydrogens (tertiary/aromatic N) is 2. The van der Waals surface area contributed by atoms with Gasteiger partial charge in [-0.3, -0.25) is 4.21 Å². The third-order valence-electron chi connectivity index (χ3n) is 2.94. The fraction of sp³-hybridized carbons (Fsp3) is 0.500. The lowest BCUT2D eigenvalue weighted by molar-refractivity contribution is 0.127. The number of hydrogen-bond donors (Lipinski definition) is 0. The largest absolute Gasteiger partial charge is 0.377 e. The highest BCUT2D eigenvalue weighted by molar-refractivity contribution is 7.84. The number of ether oxygens (including phenoxy) is 1. The molecule has 90 valence electrons. The molecule has 1 aliphatic rings. The van der Waals surface area contributed by atoms with Crippen LogP contribution < -0.4 is 0 Å². The molecule has 3 unspecified atom stereocenters. The van der Waals surface area contributed by atoms with Crippen LogP contribution in [-0.2, 0) is 21.3 Å². The van der Waals surface area contributed by atoms with Gasteiger partial charge in [0.05, 0.1) is 17.1 Å². The summed E-state index contributed by atoms with van der Waals surface area (Å²) in [7, 11) is -1.00. The molecule has 4 nitrogen and oxygen atoms in total. The van der Waals surface area contributed by atoms with E-state index in [1.54, 1.807) is 12.3 Å². The van der Waals surface area contributed by atoms with Gasteiger partial charge in [-0.1, -0.05) is 6.07 Å². The zero-order chi connectivity index (χ0) is 12.3. The summed E-state index contributed by atoms with van der Waals surface area (Å²) in [5.74, 6) is 0.384. The van der Waals surface area contributed by atoms with E-state index in [-0.39, 0.29) is 11.4 Å². The Bertz CT molecular complexity index is 470. The van der Waals surface area contributed by atoms with Crippen LogP contribution in [0.2, 0.25) is 0 Å². The fourth-order valence-electron chi connectivity index (χ4n) is 1.97. The van der Waals surface area contributed by atoms with Crippen molar-refractivity contribution in [2.75, 3.05) is 6.61 Å². The smallest absolute Gasteiger partial charge is 0.144 e. The summed E-state index contributed by atoms with van der Waals surface area (Å²) in [6.07, 6.45) is 2.44. The van der Waals surface area contributed by atoms with E-state index in [4.69, 9.17) is 10.00 Å². The molecule has 1 aromatic rings. The van der Waals surface area contributed by atoms with E-state index >= 15 is 0 Å². The average molecular weight is 250 g/mol. The van der Waals surface area contributed by atoms with Crippen molar-refractivity contribution in [2.45, 2.75) is 30.5 Å². The first-order valence-corrected chi connectivity index (χ1v) is 6.93. The lowest BCUT2D eigenvalue weighted by Crippen LogP contribution is -2.24. The van der Waals surface area contributed by atoms with Gasteiger partial charge >= 0.3 is 0 Å². The maximum absolute atomic E-state index is 12.2. The minimum atomic E-state index is -1.00. The Kier molecular flexibility index (Phi) is 3.87. The Labute approximate surface area is 103 Å². The van der Waals surface area contributed by atoms with Crippen LogP contribution in [0, 0.1) is 11.3 Å². The molecule has 3 atom stereocenters. The fourth-order valence-corrected chi connectivity index (χ4v) is 3.59. The van der Waals surface area contributed by atoms with Gasteiger partial charge < -0.3 is 4.74 Å². The topological polar surface area (TPSA) is 63.0 Å². The van der Waals surface area contributed by atoms with Gasteiger partial charge in [-0.05, 0) is 19.4 Å². The third-order valence-corrected chi connectivity index (χ3v) is 4.83. The average Bonchev–Trinajstić information content (AvgIpc) is 2.76. The van der Waals surface area contributed by atoms with Crippen LogP contribution in [0.25, 0.3) is 0 Å². The van der Waals surface area contributed by atoms with Crippen molar-refractivity contribution in [2.24, 2.45) is 0 Å². The molecule has 1 aromatic heterocycles. The monoisotopic (exact) mass is 250 g/mol. The molecule has 5 heteroatoms. The zero-order valence-electron chi connectivity index (χ0n) is 9.63. The molecular weight excluding hydrogens is 236 g/mol. The number of nitriles is 1. The maximum atomic E-state index is 12.2. The lowest BCUT2D eigenvalue weighted by Gasteiger charge is -2.13. The summed E-state index contributed by atoms with van der Waals surface area (Å²) in [5.41, 5.74) is 1.12. The van der Waals surface area contributed by atoms with Crippen molar-refractivity contribution < 1.29 is 8.95 Å². The molecule has 0 spiro atoms. The van der Waals surface area contributed by atoms with Crippen molar-refractivity contribution in [3.63, 3.8) is 0 Å². The summed E-state index contributed by atoms with van der Waals surface area (Å²) in [6.45, 7) is 2.62. The van der Waals surface area contributed by atoms with E-state index in [0.717, 1.165) is 12.0 Å². The number of hydrogen-bond acceptors (Lipinski definition) is 4. The second-order valence-corrected chi connectivity index (χ2v) is 5.71. The Balaban J connectivity index is 2.11. The summed E-state index contributed by atoms with van der Waals surface area (Å²) in [6, 6.07) is 5.60. The summed E-state index contributed by atoms with van der Waals surface area (Å²) in [4.78, 5) is 3.97. The van der Waals surface area contributed by atoms with Crippen LogP contribution in [0.1, 0.15) is 24.6 Å². The molecule has 0 saturated carbocycles. The molecule has 0 aromatic carbocycles. The molecule has 0 N–H and O–H groups in total. The summed E-state index contributed by atoms with van der Waals surface area (Å²) in [5, 5.41) is 8.98. The van der Waals surface area contributed by atoms with E-state index < -0.39 is 10.8 Å². The van der Waals surface area contributed by atoms with Gasteiger partial charge in [0.2, 0.25) is 0 Å². The first kappa shape index (κ1) is 12.2. The Morgan fingerprint density at radius 3 is 3.18 bits per heavy atom. The highest BCUT2D eigenvalue weighted by Gasteiger charge is 2.29.